The molecule has 2 rings (SSSR count). The van der Waals surface area contributed by atoms with Crippen molar-refractivity contribution in [3.05, 3.63) is 54.0 Å². The lowest BCUT2D eigenvalue weighted by atomic mass is 10.2. The number of benzene rings is 1. The molecule has 0 spiro atoms. The lowest BCUT2D eigenvalue weighted by Gasteiger charge is -2.32. The Morgan fingerprint density at radius 1 is 1.17 bits per heavy atom. The van der Waals surface area contributed by atoms with Crippen LogP contribution in [0.5, 0.6) is 0 Å². The zero-order valence-corrected chi connectivity index (χ0v) is 15.1. The SMILES string of the molecule is Cc1ccccc1NC(=S)N(CCN(C)C)[C@@H](C)c1ccco1. The minimum absolute atomic E-state index is 0.0777. The number of nitrogens with one attached hydrogen (secondary N) is 1. The van der Waals surface area contributed by atoms with Gasteiger partial charge in [-0.3, -0.25) is 0 Å². The highest BCUT2D eigenvalue weighted by Gasteiger charge is 2.21. The van der Waals surface area contributed by atoms with E-state index in [9.17, 15) is 0 Å². The van der Waals surface area contributed by atoms with E-state index >= 15 is 0 Å². The van der Waals surface area contributed by atoms with Gasteiger partial charge < -0.3 is 19.5 Å². The first kappa shape index (κ1) is 17.5. The molecule has 0 fully saturated rings. The molecule has 0 aliphatic carbocycles. The molecule has 2 aromatic rings. The summed E-state index contributed by atoms with van der Waals surface area (Å²) in [5, 5.41) is 4.09. The van der Waals surface area contributed by atoms with E-state index in [4.69, 9.17) is 16.6 Å². The van der Waals surface area contributed by atoms with Crippen LogP contribution >= 0.6 is 12.2 Å². The van der Waals surface area contributed by atoms with E-state index in [2.05, 4.69) is 49.1 Å². The first-order valence-corrected chi connectivity index (χ1v) is 8.21. The highest BCUT2D eigenvalue weighted by Crippen LogP contribution is 2.22. The number of para-hydroxylation sites is 1. The van der Waals surface area contributed by atoms with Crippen molar-refractivity contribution in [3.63, 3.8) is 0 Å². The number of rotatable bonds is 6. The summed E-state index contributed by atoms with van der Waals surface area (Å²) in [4.78, 5) is 4.32. The summed E-state index contributed by atoms with van der Waals surface area (Å²) in [6.45, 7) is 5.93. The Labute approximate surface area is 144 Å². The molecule has 23 heavy (non-hydrogen) atoms. The molecular weight excluding hydrogens is 306 g/mol. The molecule has 0 saturated heterocycles. The molecule has 1 N–H and O–H groups in total. The average Bonchev–Trinajstić information content (AvgIpc) is 3.03. The second kappa shape index (κ2) is 8.13. The van der Waals surface area contributed by atoms with Crippen molar-refractivity contribution >= 4 is 23.0 Å². The third-order valence-corrected chi connectivity index (χ3v) is 4.19. The van der Waals surface area contributed by atoms with Crippen molar-refractivity contribution in [3.8, 4) is 0 Å². The van der Waals surface area contributed by atoms with E-state index in [1.54, 1.807) is 6.26 Å². The molecule has 0 aliphatic rings. The van der Waals surface area contributed by atoms with Crippen LogP contribution in [0, 0.1) is 6.92 Å². The third-order valence-electron chi connectivity index (χ3n) is 3.86. The molecule has 1 aromatic carbocycles. The van der Waals surface area contributed by atoms with Crippen LogP contribution in [0.4, 0.5) is 5.69 Å². The van der Waals surface area contributed by atoms with Gasteiger partial charge in [-0.2, -0.15) is 0 Å². The highest BCUT2D eigenvalue weighted by molar-refractivity contribution is 7.80. The van der Waals surface area contributed by atoms with Crippen molar-refractivity contribution in [1.82, 2.24) is 9.80 Å². The number of anilines is 1. The molecular formula is C18H25N3OS. The molecule has 1 atom stereocenters. The second-order valence-corrected chi connectivity index (χ2v) is 6.32. The Bertz CT molecular complexity index is 625. The summed E-state index contributed by atoms with van der Waals surface area (Å²) in [6.07, 6.45) is 1.70. The fraction of sp³-hybridized carbons (Fsp3) is 0.389. The molecule has 0 bridgehead atoms. The van der Waals surface area contributed by atoms with E-state index in [1.807, 2.05) is 30.3 Å². The normalized spacial score (nSPS) is 12.2. The quantitative estimate of drug-likeness (QED) is 0.811. The third kappa shape index (κ3) is 4.81. The molecule has 0 saturated carbocycles. The Kier molecular flexibility index (Phi) is 6.19. The Morgan fingerprint density at radius 2 is 1.91 bits per heavy atom. The van der Waals surface area contributed by atoms with Gasteiger partial charge in [0.05, 0.1) is 12.3 Å². The first-order valence-electron chi connectivity index (χ1n) is 7.80. The Hall–Kier alpha value is -1.85. The average molecular weight is 331 g/mol. The van der Waals surface area contributed by atoms with Crippen molar-refractivity contribution in [1.29, 1.82) is 0 Å². The van der Waals surface area contributed by atoms with Crippen LogP contribution in [0.3, 0.4) is 0 Å². The minimum Gasteiger partial charge on any atom is -0.467 e. The van der Waals surface area contributed by atoms with Crippen molar-refractivity contribution in [2.45, 2.75) is 19.9 Å². The van der Waals surface area contributed by atoms with Gasteiger partial charge in [0.25, 0.3) is 0 Å². The minimum atomic E-state index is 0.0777. The van der Waals surface area contributed by atoms with Gasteiger partial charge >= 0.3 is 0 Å². The van der Waals surface area contributed by atoms with Gasteiger partial charge in [-0.25, -0.2) is 0 Å². The van der Waals surface area contributed by atoms with Crippen LogP contribution in [0.1, 0.15) is 24.3 Å². The van der Waals surface area contributed by atoms with Gasteiger partial charge in [0.15, 0.2) is 5.11 Å². The number of furan rings is 1. The zero-order chi connectivity index (χ0) is 16.8. The molecule has 1 aromatic heterocycles. The molecule has 1 heterocycles. The van der Waals surface area contributed by atoms with Gasteiger partial charge in [0.2, 0.25) is 0 Å². The van der Waals surface area contributed by atoms with E-state index in [0.717, 1.165) is 24.5 Å². The number of hydrogen-bond acceptors (Lipinski definition) is 3. The predicted molar refractivity (Wildman–Crippen MR) is 99.8 cm³/mol. The van der Waals surface area contributed by atoms with Gasteiger partial charge in [0, 0.05) is 18.8 Å². The maximum absolute atomic E-state index is 5.67. The fourth-order valence-electron chi connectivity index (χ4n) is 2.36. The molecule has 0 unspecified atom stereocenters. The molecule has 0 radical (unpaired) electrons. The largest absolute Gasteiger partial charge is 0.467 e. The van der Waals surface area contributed by atoms with Crippen LogP contribution in [-0.4, -0.2) is 42.1 Å². The van der Waals surface area contributed by atoms with Crippen molar-refractivity contribution < 1.29 is 4.42 Å². The lowest BCUT2D eigenvalue weighted by Crippen LogP contribution is -2.40. The summed E-state index contributed by atoms with van der Waals surface area (Å²) in [6, 6.07) is 12.1. The smallest absolute Gasteiger partial charge is 0.174 e. The monoisotopic (exact) mass is 331 g/mol. The first-order chi connectivity index (χ1) is 11.0. The fourth-order valence-corrected chi connectivity index (χ4v) is 2.72. The van der Waals surface area contributed by atoms with Gasteiger partial charge in [-0.1, -0.05) is 18.2 Å². The number of hydrogen-bond donors (Lipinski definition) is 1. The topological polar surface area (TPSA) is 31.6 Å². The van der Waals surface area contributed by atoms with Gasteiger partial charge in [-0.05, 0) is 63.9 Å². The summed E-state index contributed by atoms with van der Waals surface area (Å²) in [5.74, 6) is 0.915. The van der Waals surface area contributed by atoms with Crippen LogP contribution < -0.4 is 5.32 Å². The second-order valence-electron chi connectivity index (χ2n) is 5.93. The van der Waals surface area contributed by atoms with Gasteiger partial charge in [0.1, 0.15) is 5.76 Å². The van der Waals surface area contributed by atoms with E-state index in [1.165, 1.54) is 5.56 Å². The molecule has 0 aliphatic heterocycles. The van der Waals surface area contributed by atoms with Crippen molar-refractivity contribution in [2.24, 2.45) is 0 Å². The summed E-state index contributed by atoms with van der Waals surface area (Å²) in [5.41, 5.74) is 2.21. The molecule has 0 amide bonds. The molecule has 124 valence electrons. The highest BCUT2D eigenvalue weighted by atomic mass is 32.1. The van der Waals surface area contributed by atoms with E-state index in [-0.39, 0.29) is 6.04 Å². The van der Waals surface area contributed by atoms with Crippen LogP contribution in [0.15, 0.2) is 47.1 Å². The molecule has 4 nitrogen and oxygen atoms in total. The number of aryl methyl sites for hydroxylation is 1. The van der Waals surface area contributed by atoms with Crippen LogP contribution in [0.2, 0.25) is 0 Å². The van der Waals surface area contributed by atoms with Crippen molar-refractivity contribution in [2.75, 3.05) is 32.5 Å². The molecule has 5 heteroatoms. The Morgan fingerprint density at radius 3 is 2.52 bits per heavy atom. The predicted octanol–water partition coefficient (Wildman–Crippen LogP) is 3.91. The van der Waals surface area contributed by atoms with E-state index in [0.29, 0.717) is 5.11 Å². The van der Waals surface area contributed by atoms with Crippen LogP contribution in [0.25, 0.3) is 0 Å². The maximum atomic E-state index is 5.67. The number of nitrogens with zero attached hydrogens (tertiary/aromatic N) is 2. The lowest BCUT2D eigenvalue weighted by molar-refractivity contribution is 0.263. The zero-order valence-electron chi connectivity index (χ0n) is 14.2. The maximum Gasteiger partial charge on any atom is 0.174 e. The number of thiocarbonyl (C=S) groups is 1. The summed E-state index contributed by atoms with van der Waals surface area (Å²) in [7, 11) is 4.13. The van der Waals surface area contributed by atoms with Gasteiger partial charge in [-0.15, -0.1) is 0 Å². The summed E-state index contributed by atoms with van der Waals surface area (Å²) >= 11 is 5.67. The van der Waals surface area contributed by atoms with Crippen LogP contribution in [-0.2, 0) is 0 Å². The summed E-state index contributed by atoms with van der Waals surface area (Å²) < 4.78 is 5.56. The standard InChI is InChI=1S/C18H25N3OS/c1-14-8-5-6-9-16(14)19-18(23)21(12-11-20(3)4)15(2)17-10-7-13-22-17/h5-10,13,15H,11-12H2,1-4H3,(H,19,23)/t15-/m0/s1. The van der Waals surface area contributed by atoms with E-state index < -0.39 is 0 Å². The number of likely N-dealkylation sites (N-methyl/N-ethyl adjacent to an activating group) is 1. The Balaban J connectivity index is 2.15.